The fraction of sp³-hybridized carbons (Fsp3) is 0.263. The molecule has 0 spiro atoms. The summed E-state index contributed by atoms with van der Waals surface area (Å²) in [7, 11) is 0. The zero-order valence-corrected chi connectivity index (χ0v) is 15.4. The number of alkyl halides is 3. The van der Waals surface area contributed by atoms with Gasteiger partial charge < -0.3 is 9.72 Å². The SMILES string of the molecule is O=c1[nH]c(-c2cccs2)nc2c1CN(Cc1ccccc1OC(F)(F)F)CC2. The minimum atomic E-state index is -4.75. The third-order valence-electron chi connectivity index (χ3n) is 4.49. The summed E-state index contributed by atoms with van der Waals surface area (Å²) >= 11 is 1.49. The van der Waals surface area contributed by atoms with E-state index in [2.05, 4.69) is 14.7 Å². The van der Waals surface area contributed by atoms with Gasteiger partial charge in [0.05, 0.1) is 16.1 Å². The summed E-state index contributed by atoms with van der Waals surface area (Å²) in [5.74, 6) is 0.331. The number of halogens is 3. The Morgan fingerprint density at radius 3 is 2.79 bits per heavy atom. The first-order valence-corrected chi connectivity index (χ1v) is 9.49. The summed E-state index contributed by atoms with van der Waals surface area (Å²) in [5, 5.41) is 1.91. The van der Waals surface area contributed by atoms with Gasteiger partial charge in [-0.2, -0.15) is 0 Å². The minimum absolute atomic E-state index is 0.210. The maximum Gasteiger partial charge on any atom is 0.573 e. The van der Waals surface area contributed by atoms with Crippen LogP contribution in [0.1, 0.15) is 16.8 Å². The lowest BCUT2D eigenvalue weighted by Gasteiger charge is -2.28. The Morgan fingerprint density at radius 1 is 1.21 bits per heavy atom. The molecule has 0 radical (unpaired) electrons. The third-order valence-corrected chi connectivity index (χ3v) is 5.37. The molecule has 1 aromatic carbocycles. The van der Waals surface area contributed by atoms with Crippen LogP contribution in [0.3, 0.4) is 0 Å². The number of nitrogens with zero attached hydrogens (tertiary/aromatic N) is 2. The third kappa shape index (κ3) is 4.10. The van der Waals surface area contributed by atoms with Gasteiger partial charge in [0.25, 0.3) is 5.56 Å². The molecule has 0 saturated heterocycles. The van der Waals surface area contributed by atoms with Gasteiger partial charge in [0.2, 0.25) is 0 Å². The van der Waals surface area contributed by atoms with E-state index in [1.165, 1.54) is 23.5 Å². The van der Waals surface area contributed by atoms with E-state index in [1.54, 1.807) is 12.1 Å². The molecule has 0 fully saturated rings. The highest BCUT2D eigenvalue weighted by atomic mass is 32.1. The van der Waals surface area contributed by atoms with Gasteiger partial charge in [-0.05, 0) is 17.5 Å². The number of fused-ring (bicyclic) bond motifs is 1. The largest absolute Gasteiger partial charge is 0.573 e. The number of H-pyrrole nitrogens is 1. The second kappa shape index (κ2) is 7.40. The lowest BCUT2D eigenvalue weighted by atomic mass is 10.1. The van der Waals surface area contributed by atoms with Crippen molar-refractivity contribution in [2.24, 2.45) is 0 Å². The quantitative estimate of drug-likeness (QED) is 0.712. The second-order valence-electron chi connectivity index (χ2n) is 6.43. The van der Waals surface area contributed by atoms with E-state index in [1.807, 2.05) is 22.4 Å². The van der Waals surface area contributed by atoms with Crippen LogP contribution in [0.4, 0.5) is 13.2 Å². The number of ether oxygens (including phenoxy) is 1. The Balaban J connectivity index is 1.55. The summed E-state index contributed by atoms with van der Waals surface area (Å²) in [5.41, 5.74) is 1.50. The molecule has 3 heterocycles. The van der Waals surface area contributed by atoms with Gasteiger partial charge in [0, 0.05) is 31.6 Å². The number of thiophene rings is 1. The van der Waals surface area contributed by atoms with Gasteiger partial charge >= 0.3 is 6.36 Å². The van der Waals surface area contributed by atoms with Crippen LogP contribution in [0.2, 0.25) is 0 Å². The Hall–Kier alpha value is -2.65. The van der Waals surface area contributed by atoms with Crippen molar-refractivity contribution in [3.63, 3.8) is 0 Å². The van der Waals surface area contributed by atoms with Crippen LogP contribution < -0.4 is 10.3 Å². The van der Waals surface area contributed by atoms with Crippen molar-refractivity contribution in [2.75, 3.05) is 6.54 Å². The monoisotopic (exact) mass is 407 g/mol. The van der Waals surface area contributed by atoms with Crippen LogP contribution in [0, 0.1) is 0 Å². The molecular formula is C19H16F3N3O2S. The van der Waals surface area contributed by atoms with E-state index >= 15 is 0 Å². The van der Waals surface area contributed by atoms with E-state index in [9.17, 15) is 18.0 Å². The van der Waals surface area contributed by atoms with Gasteiger partial charge in [-0.15, -0.1) is 24.5 Å². The summed E-state index contributed by atoms with van der Waals surface area (Å²) in [4.78, 5) is 22.7. The van der Waals surface area contributed by atoms with Crippen molar-refractivity contribution in [3.05, 3.63) is 69.0 Å². The molecule has 1 N–H and O–H groups in total. The van der Waals surface area contributed by atoms with Crippen molar-refractivity contribution in [1.82, 2.24) is 14.9 Å². The molecule has 1 aliphatic rings. The maximum atomic E-state index is 12.6. The molecule has 1 aliphatic heterocycles. The van der Waals surface area contributed by atoms with Crippen LogP contribution in [0.25, 0.3) is 10.7 Å². The number of aromatic nitrogens is 2. The summed E-state index contributed by atoms with van der Waals surface area (Å²) in [6.07, 6.45) is -4.19. The normalized spacial score (nSPS) is 14.7. The molecule has 0 unspecified atom stereocenters. The molecule has 9 heteroatoms. The minimum Gasteiger partial charge on any atom is -0.405 e. The Morgan fingerprint density at radius 2 is 2.04 bits per heavy atom. The van der Waals surface area contributed by atoms with Crippen LogP contribution in [0.5, 0.6) is 5.75 Å². The number of rotatable bonds is 4. The molecule has 3 aromatic rings. The molecule has 0 bridgehead atoms. The lowest BCUT2D eigenvalue weighted by Crippen LogP contribution is -2.35. The highest BCUT2D eigenvalue weighted by Gasteiger charge is 2.32. The molecule has 146 valence electrons. The molecular weight excluding hydrogens is 391 g/mol. The van der Waals surface area contributed by atoms with Crippen LogP contribution >= 0.6 is 11.3 Å². The standard InChI is InChI=1S/C19H16F3N3O2S/c20-19(21,22)27-15-5-2-1-4-12(15)10-25-8-7-14-13(11-25)18(26)24-17(23-14)16-6-3-9-28-16/h1-6,9H,7-8,10-11H2,(H,23,24,26). The molecule has 5 nitrogen and oxygen atoms in total. The molecule has 0 saturated carbocycles. The topological polar surface area (TPSA) is 58.2 Å². The molecule has 0 aliphatic carbocycles. The Bertz CT molecular complexity index is 1030. The van der Waals surface area contributed by atoms with Gasteiger partial charge in [-0.3, -0.25) is 9.69 Å². The van der Waals surface area contributed by atoms with Crippen molar-refractivity contribution < 1.29 is 17.9 Å². The predicted octanol–water partition coefficient (Wildman–Crippen LogP) is 3.96. The average molecular weight is 407 g/mol. The number of hydrogen-bond donors (Lipinski definition) is 1. The smallest absolute Gasteiger partial charge is 0.405 e. The Labute approximate surface area is 162 Å². The van der Waals surface area contributed by atoms with Gasteiger partial charge in [-0.1, -0.05) is 24.3 Å². The molecule has 4 rings (SSSR count). The highest BCUT2D eigenvalue weighted by Crippen LogP contribution is 2.28. The van der Waals surface area contributed by atoms with Crippen LogP contribution in [0.15, 0.2) is 46.6 Å². The number of aromatic amines is 1. The van der Waals surface area contributed by atoms with Crippen molar-refractivity contribution in [2.45, 2.75) is 25.9 Å². The first kappa shape index (κ1) is 18.7. The van der Waals surface area contributed by atoms with E-state index in [4.69, 9.17) is 0 Å². The van der Waals surface area contributed by atoms with Crippen molar-refractivity contribution >= 4 is 11.3 Å². The number of para-hydroxylation sites is 1. The van der Waals surface area contributed by atoms with Crippen LogP contribution in [-0.2, 0) is 19.5 Å². The van der Waals surface area contributed by atoms with Crippen molar-refractivity contribution in [3.8, 4) is 16.5 Å². The lowest BCUT2D eigenvalue weighted by molar-refractivity contribution is -0.275. The molecule has 0 atom stereocenters. The number of hydrogen-bond acceptors (Lipinski definition) is 5. The molecule has 2 aromatic heterocycles. The molecule has 28 heavy (non-hydrogen) atoms. The number of benzene rings is 1. The van der Waals surface area contributed by atoms with E-state index in [-0.39, 0.29) is 17.9 Å². The van der Waals surface area contributed by atoms with Gasteiger partial charge in [0.1, 0.15) is 5.75 Å². The first-order valence-electron chi connectivity index (χ1n) is 8.61. The zero-order chi connectivity index (χ0) is 19.7. The van der Waals surface area contributed by atoms with Crippen molar-refractivity contribution in [1.29, 1.82) is 0 Å². The fourth-order valence-electron chi connectivity index (χ4n) is 3.25. The summed E-state index contributed by atoms with van der Waals surface area (Å²) in [6.45, 7) is 1.16. The zero-order valence-electron chi connectivity index (χ0n) is 14.6. The summed E-state index contributed by atoms with van der Waals surface area (Å²) in [6, 6.07) is 9.83. The van der Waals surface area contributed by atoms with E-state index < -0.39 is 6.36 Å². The van der Waals surface area contributed by atoms with E-state index in [0.717, 1.165) is 10.6 Å². The highest BCUT2D eigenvalue weighted by molar-refractivity contribution is 7.13. The van der Waals surface area contributed by atoms with Crippen LogP contribution in [-0.4, -0.2) is 27.8 Å². The number of nitrogens with one attached hydrogen (secondary N) is 1. The molecule has 0 amide bonds. The second-order valence-corrected chi connectivity index (χ2v) is 7.38. The first-order chi connectivity index (χ1) is 13.4. The summed E-state index contributed by atoms with van der Waals surface area (Å²) < 4.78 is 42.0. The Kier molecular flexibility index (Phi) is 4.94. The van der Waals surface area contributed by atoms with Gasteiger partial charge in [0.15, 0.2) is 5.82 Å². The van der Waals surface area contributed by atoms with E-state index in [0.29, 0.717) is 36.5 Å². The van der Waals surface area contributed by atoms with Gasteiger partial charge in [-0.25, -0.2) is 4.98 Å². The fourth-order valence-corrected chi connectivity index (χ4v) is 3.91. The average Bonchev–Trinajstić information content (AvgIpc) is 3.17. The predicted molar refractivity (Wildman–Crippen MR) is 99.1 cm³/mol. The maximum absolute atomic E-state index is 12.6.